The van der Waals surface area contributed by atoms with Crippen LogP contribution in [0, 0.1) is 0 Å². The molecule has 1 aromatic heterocycles. The zero-order valence-electron chi connectivity index (χ0n) is 26.0. The summed E-state index contributed by atoms with van der Waals surface area (Å²) in [6, 6.07) is 15.2. The quantitative estimate of drug-likeness (QED) is 0.225. The van der Waals surface area contributed by atoms with Gasteiger partial charge in [-0.1, -0.05) is 51.1 Å². The molecule has 0 radical (unpaired) electrons. The minimum Gasteiger partial charge on any atom is -0.444 e. The zero-order chi connectivity index (χ0) is 30.6. The topological polar surface area (TPSA) is 72.8 Å². The zero-order valence-corrected chi connectivity index (χ0v) is 28.6. The minimum atomic E-state index is -1.99. The molecule has 2 amide bonds. The van der Waals surface area contributed by atoms with Crippen LogP contribution in [0.4, 0.5) is 10.5 Å². The third-order valence-corrected chi connectivity index (χ3v) is 12.9. The number of carbonyl (C=O) groups is 2. The normalized spacial score (nSPS) is 13.2. The summed E-state index contributed by atoms with van der Waals surface area (Å²) in [5.41, 5.74) is 2.22. The number of aromatic nitrogens is 1. The number of carbonyl (C=O) groups excluding carboxylic acids is 2. The number of hydrogen-bond acceptors (Lipinski definition) is 4. The van der Waals surface area contributed by atoms with Crippen LogP contribution < -0.4 is 5.32 Å². The fourth-order valence-corrected chi connectivity index (χ4v) is 5.72. The van der Waals surface area contributed by atoms with E-state index in [9.17, 15) is 9.59 Å². The summed E-state index contributed by atoms with van der Waals surface area (Å²) in [6.07, 6.45) is 2.86. The van der Waals surface area contributed by atoms with Crippen molar-refractivity contribution in [1.82, 2.24) is 9.47 Å². The first-order chi connectivity index (χ1) is 19.0. The average molecular weight is 645 g/mol. The summed E-state index contributed by atoms with van der Waals surface area (Å²) in [4.78, 5) is 28.0. The van der Waals surface area contributed by atoms with Gasteiger partial charge in [0, 0.05) is 41.8 Å². The number of hydrogen-bond donors (Lipinski definition) is 1. The number of nitrogens with one attached hydrogen (secondary N) is 1. The van der Waals surface area contributed by atoms with Crippen LogP contribution in [0.1, 0.15) is 59.6 Å². The largest absolute Gasteiger partial charge is 0.444 e. The third-order valence-electron chi connectivity index (χ3n) is 7.68. The number of anilines is 1. The maximum atomic E-state index is 13.9. The van der Waals surface area contributed by atoms with Crippen LogP contribution in [0.5, 0.6) is 0 Å². The molecular weight excluding hydrogens is 598 g/mol. The monoisotopic (exact) mass is 643 g/mol. The fourth-order valence-electron chi connectivity index (χ4n) is 4.27. The van der Waals surface area contributed by atoms with Crippen LogP contribution in [0.3, 0.4) is 0 Å². The highest BCUT2D eigenvalue weighted by Gasteiger charge is 2.37. The van der Waals surface area contributed by atoms with Gasteiger partial charge >= 0.3 is 6.09 Å². The van der Waals surface area contributed by atoms with Gasteiger partial charge in [0.1, 0.15) is 11.6 Å². The Hall–Kier alpha value is -2.62. The molecule has 1 atom stereocenters. The second kappa shape index (κ2) is 13.1. The molecule has 9 heteroatoms. The van der Waals surface area contributed by atoms with Crippen molar-refractivity contribution in [3.8, 4) is 0 Å². The van der Waals surface area contributed by atoms with E-state index in [1.165, 1.54) is 0 Å². The SMILES string of the molecule is CN(CCc1cn(C(CCO[Si](C)(C)C(C)(C)C)C(=O)Nc2ccccc2Br)c2ccccc12)C(=O)OC(C)(C)C. The minimum absolute atomic E-state index is 0.0765. The number of nitrogens with zero attached hydrogens (tertiary/aromatic N) is 2. The van der Waals surface area contributed by atoms with E-state index in [1.807, 2.05) is 63.2 Å². The Kier molecular flexibility index (Phi) is 10.5. The van der Waals surface area contributed by atoms with Gasteiger partial charge in [-0.3, -0.25) is 4.79 Å². The first-order valence-corrected chi connectivity index (χ1v) is 17.9. The predicted molar refractivity (Wildman–Crippen MR) is 174 cm³/mol. The molecule has 1 unspecified atom stereocenters. The van der Waals surface area contributed by atoms with Crippen molar-refractivity contribution >= 4 is 52.8 Å². The van der Waals surface area contributed by atoms with E-state index in [-0.39, 0.29) is 17.0 Å². The molecule has 0 aliphatic rings. The molecule has 0 bridgehead atoms. The van der Waals surface area contributed by atoms with Crippen LogP contribution in [0.2, 0.25) is 18.1 Å². The molecule has 41 heavy (non-hydrogen) atoms. The summed E-state index contributed by atoms with van der Waals surface area (Å²) in [5.74, 6) is -0.103. The van der Waals surface area contributed by atoms with Crippen molar-refractivity contribution in [1.29, 1.82) is 0 Å². The standard InChI is InChI=1S/C32H46BrN3O4Si/c1-31(2,3)40-30(38)35(7)20-18-23-22-36(27-17-13-10-14-24(23)27)28(19-21-39-41(8,9)32(4,5)6)29(37)34-26-16-12-11-15-25(26)33/h10-17,22,28H,18-21H2,1-9H3,(H,34,37). The number of amides is 2. The molecule has 0 saturated heterocycles. The van der Waals surface area contributed by atoms with E-state index in [0.29, 0.717) is 26.0 Å². The lowest BCUT2D eigenvalue weighted by Gasteiger charge is -2.36. The van der Waals surface area contributed by atoms with Gasteiger partial charge in [0.25, 0.3) is 0 Å². The first-order valence-electron chi connectivity index (χ1n) is 14.2. The molecule has 0 aliphatic heterocycles. The van der Waals surface area contributed by atoms with Gasteiger partial charge in [-0.15, -0.1) is 0 Å². The maximum Gasteiger partial charge on any atom is 0.410 e. The molecule has 1 N–H and O–H groups in total. The number of rotatable bonds is 10. The molecule has 0 spiro atoms. The lowest BCUT2D eigenvalue weighted by molar-refractivity contribution is -0.119. The van der Waals surface area contributed by atoms with Crippen molar-refractivity contribution in [2.24, 2.45) is 0 Å². The lowest BCUT2D eigenvalue weighted by Crippen LogP contribution is -2.41. The van der Waals surface area contributed by atoms with Gasteiger partial charge < -0.3 is 23.9 Å². The highest BCUT2D eigenvalue weighted by atomic mass is 79.9. The number of likely N-dealkylation sites (N-methyl/N-ethyl adjacent to an activating group) is 1. The molecule has 3 aromatic rings. The van der Waals surface area contributed by atoms with Crippen LogP contribution in [0.15, 0.2) is 59.2 Å². The van der Waals surface area contributed by atoms with Gasteiger partial charge in [0.05, 0.1) is 5.69 Å². The van der Waals surface area contributed by atoms with Crippen molar-refractivity contribution in [2.75, 3.05) is 25.5 Å². The molecule has 0 fully saturated rings. The third kappa shape index (κ3) is 8.69. The molecule has 0 saturated carbocycles. The molecule has 1 heterocycles. The Morgan fingerprint density at radius 2 is 1.66 bits per heavy atom. The van der Waals surface area contributed by atoms with E-state index in [1.54, 1.807) is 11.9 Å². The van der Waals surface area contributed by atoms with Gasteiger partial charge in [0.2, 0.25) is 5.91 Å². The predicted octanol–water partition coefficient (Wildman–Crippen LogP) is 8.40. The fraction of sp³-hybridized carbons (Fsp3) is 0.500. The van der Waals surface area contributed by atoms with Crippen molar-refractivity contribution in [2.45, 2.75) is 84.2 Å². The summed E-state index contributed by atoms with van der Waals surface area (Å²) >= 11 is 3.56. The molecule has 0 aliphatic carbocycles. The van der Waals surface area contributed by atoms with Gasteiger partial charge in [-0.05, 0) is 91.4 Å². The number of benzene rings is 2. The first kappa shape index (κ1) is 32.9. The molecule has 3 rings (SSSR count). The second-order valence-corrected chi connectivity index (χ2v) is 18.8. The molecular formula is C32H46BrN3O4Si. The Labute approximate surface area is 254 Å². The van der Waals surface area contributed by atoms with Crippen molar-refractivity contribution in [3.05, 3.63) is 64.8 Å². The van der Waals surface area contributed by atoms with Crippen LogP contribution in [0.25, 0.3) is 10.9 Å². The summed E-state index contributed by atoms with van der Waals surface area (Å²) < 4.78 is 14.9. The van der Waals surface area contributed by atoms with Crippen molar-refractivity contribution < 1.29 is 18.8 Å². The lowest BCUT2D eigenvalue weighted by atomic mass is 10.1. The highest BCUT2D eigenvalue weighted by Crippen LogP contribution is 2.37. The Balaban J connectivity index is 1.92. The Morgan fingerprint density at radius 1 is 1.02 bits per heavy atom. The van der Waals surface area contributed by atoms with Crippen LogP contribution in [-0.2, 0) is 20.4 Å². The van der Waals surface area contributed by atoms with Crippen LogP contribution >= 0.6 is 15.9 Å². The smallest absolute Gasteiger partial charge is 0.410 e. The number of ether oxygens (including phenoxy) is 1. The molecule has 224 valence electrons. The number of fused-ring (bicyclic) bond motifs is 1. The average Bonchev–Trinajstić information content (AvgIpc) is 3.23. The summed E-state index contributed by atoms with van der Waals surface area (Å²) in [7, 11) is -0.241. The maximum absolute atomic E-state index is 13.9. The Bertz CT molecular complexity index is 1360. The van der Waals surface area contributed by atoms with Gasteiger partial charge in [-0.25, -0.2) is 4.79 Å². The number of halogens is 1. The molecule has 7 nitrogen and oxygen atoms in total. The van der Waals surface area contributed by atoms with E-state index in [4.69, 9.17) is 9.16 Å². The van der Waals surface area contributed by atoms with Crippen LogP contribution in [-0.4, -0.2) is 55.6 Å². The number of para-hydroxylation sites is 2. The highest BCUT2D eigenvalue weighted by molar-refractivity contribution is 9.10. The molecule has 2 aromatic carbocycles. The van der Waals surface area contributed by atoms with Gasteiger partial charge in [-0.2, -0.15) is 0 Å². The van der Waals surface area contributed by atoms with E-state index in [2.05, 4.69) is 71.9 Å². The van der Waals surface area contributed by atoms with Gasteiger partial charge in [0.15, 0.2) is 8.32 Å². The Morgan fingerprint density at radius 3 is 2.29 bits per heavy atom. The van der Waals surface area contributed by atoms with E-state index < -0.39 is 20.0 Å². The summed E-state index contributed by atoms with van der Waals surface area (Å²) in [6.45, 7) is 17.7. The van der Waals surface area contributed by atoms with E-state index >= 15 is 0 Å². The van der Waals surface area contributed by atoms with E-state index in [0.717, 1.165) is 26.6 Å². The second-order valence-electron chi connectivity index (χ2n) is 13.1. The summed E-state index contributed by atoms with van der Waals surface area (Å²) in [5, 5.41) is 4.27. The van der Waals surface area contributed by atoms with Crippen molar-refractivity contribution in [3.63, 3.8) is 0 Å².